The van der Waals surface area contributed by atoms with Crippen LogP contribution in [-0.4, -0.2) is 30.3 Å². The smallest absolute Gasteiger partial charge is 0.323 e. The Morgan fingerprint density at radius 2 is 2.33 bits per heavy atom. The van der Waals surface area contributed by atoms with Crippen molar-refractivity contribution < 1.29 is 14.6 Å². The molecule has 2 unspecified atom stereocenters. The van der Waals surface area contributed by atoms with Gasteiger partial charge in [-0.15, -0.1) is 0 Å². The molecule has 0 bridgehead atoms. The molecular weight excluding hydrogens is 230 g/mol. The normalized spacial score (nSPS) is 27.8. The van der Waals surface area contributed by atoms with Crippen LogP contribution in [0.5, 0.6) is 5.75 Å². The van der Waals surface area contributed by atoms with E-state index in [1.54, 1.807) is 14.0 Å². The number of carbonyl (C=O) groups is 1. The summed E-state index contributed by atoms with van der Waals surface area (Å²) < 4.78 is 5.21. The Labute approximate surface area is 107 Å². The summed E-state index contributed by atoms with van der Waals surface area (Å²) in [7, 11) is 1.64. The third kappa shape index (κ3) is 2.48. The zero-order valence-electron chi connectivity index (χ0n) is 10.8. The van der Waals surface area contributed by atoms with Crippen LogP contribution >= 0.6 is 0 Å². The molecule has 1 aliphatic rings. The molecule has 4 nitrogen and oxygen atoms in total. The topological polar surface area (TPSA) is 58.6 Å². The number of nitrogens with one attached hydrogen (secondary N) is 1. The molecule has 2 rings (SSSR count). The average Bonchev–Trinajstić information content (AvgIpc) is 2.39. The van der Waals surface area contributed by atoms with Gasteiger partial charge in [0, 0.05) is 0 Å². The zero-order valence-corrected chi connectivity index (χ0v) is 10.8. The number of methoxy groups -OCH3 is 1. The highest BCUT2D eigenvalue weighted by Crippen LogP contribution is 2.34. The van der Waals surface area contributed by atoms with Crippen molar-refractivity contribution in [2.45, 2.75) is 31.2 Å². The molecule has 1 aromatic carbocycles. The number of benzene rings is 1. The van der Waals surface area contributed by atoms with Crippen molar-refractivity contribution in [3.8, 4) is 5.75 Å². The molecular formula is C14H19NO3. The van der Waals surface area contributed by atoms with Gasteiger partial charge in [0.25, 0.3) is 0 Å². The van der Waals surface area contributed by atoms with Crippen LogP contribution in [0.25, 0.3) is 0 Å². The van der Waals surface area contributed by atoms with E-state index in [-0.39, 0.29) is 5.92 Å². The van der Waals surface area contributed by atoms with Gasteiger partial charge >= 0.3 is 5.97 Å². The predicted molar refractivity (Wildman–Crippen MR) is 69.0 cm³/mol. The van der Waals surface area contributed by atoms with Gasteiger partial charge in [0.05, 0.1) is 7.11 Å². The van der Waals surface area contributed by atoms with E-state index < -0.39 is 11.5 Å². The van der Waals surface area contributed by atoms with E-state index >= 15 is 0 Å². The van der Waals surface area contributed by atoms with E-state index in [1.807, 2.05) is 24.3 Å². The predicted octanol–water partition coefficient (Wildman–Crippen LogP) is 2.01. The Balaban J connectivity index is 2.20. The molecule has 0 spiro atoms. The molecule has 4 heteroatoms. The summed E-state index contributed by atoms with van der Waals surface area (Å²) in [6.45, 7) is 2.48. The van der Waals surface area contributed by atoms with Crippen LogP contribution in [0.4, 0.5) is 0 Å². The van der Waals surface area contributed by atoms with Crippen LogP contribution in [0.15, 0.2) is 24.3 Å². The van der Waals surface area contributed by atoms with Gasteiger partial charge in [-0.05, 0) is 49.9 Å². The number of carboxylic acid groups (broad SMARTS) is 1. The Morgan fingerprint density at radius 1 is 1.56 bits per heavy atom. The fourth-order valence-corrected chi connectivity index (χ4v) is 2.53. The van der Waals surface area contributed by atoms with Crippen molar-refractivity contribution in [2.24, 2.45) is 0 Å². The first-order valence-electron chi connectivity index (χ1n) is 6.17. The fourth-order valence-electron chi connectivity index (χ4n) is 2.53. The fraction of sp³-hybridized carbons (Fsp3) is 0.500. The number of ether oxygens (including phenoxy) is 1. The first-order chi connectivity index (χ1) is 8.55. The van der Waals surface area contributed by atoms with Crippen molar-refractivity contribution >= 4 is 5.97 Å². The van der Waals surface area contributed by atoms with Crippen molar-refractivity contribution in [1.82, 2.24) is 5.32 Å². The van der Waals surface area contributed by atoms with E-state index in [0.717, 1.165) is 24.3 Å². The van der Waals surface area contributed by atoms with Crippen LogP contribution in [-0.2, 0) is 4.79 Å². The monoisotopic (exact) mass is 249 g/mol. The zero-order chi connectivity index (χ0) is 13.2. The molecule has 0 amide bonds. The van der Waals surface area contributed by atoms with Crippen LogP contribution < -0.4 is 10.1 Å². The number of aliphatic carboxylic acids is 1. The van der Waals surface area contributed by atoms with E-state index in [2.05, 4.69) is 5.32 Å². The van der Waals surface area contributed by atoms with E-state index in [9.17, 15) is 9.90 Å². The molecule has 1 saturated heterocycles. The van der Waals surface area contributed by atoms with Gasteiger partial charge < -0.3 is 15.2 Å². The number of hydrogen-bond donors (Lipinski definition) is 2. The van der Waals surface area contributed by atoms with Gasteiger partial charge in [0.2, 0.25) is 0 Å². The highest BCUT2D eigenvalue weighted by molar-refractivity contribution is 5.78. The van der Waals surface area contributed by atoms with Gasteiger partial charge in [-0.1, -0.05) is 12.1 Å². The second-order valence-corrected chi connectivity index (χ2v) is 5.03. The van der Waals surface area contributed by atoms with E-state index in [1.165, 1.54) is 0 Å². The summed E-state index contributed by atoms with van der Waals surface area (Å²) in [5, 5.41) is 12.4. The molecule has 2 atom stereocenters. The van der Waals surface area contributed by atoms with Crippen molar-refractivity contribution in [3.63, 3.8) is 0 Å². The second-order valence-electron chi connectivity index (χ2n) is 5.03. The SMILES string of the molecule is COc1cccc(C2CCNC(C)(C(=O)O)C2)c1. The van der Waals surface area contributed by atoms with Crippen molar-refractivity contribution in [3.05, 3.63) is 29.8 Å². The molecule has 0 radical (unpaired) electrons. The molecule has 1 aliphatic heterocycles. The van der Waals surface area contributed by atoms with Gasteiger partial charge in [-0.25, -0.2) is 0 Å². The lowest BCUT2D eigenvalue weighted by molar-refractivity contribution is -0.145. The summed E-state index contributed by atoms with van der Waals surface area (Å²) in [5.41, 5.74) is 0.328. The third-order valence-corrected chi connectivity index (χ3v) is 3.70. The molecule has 0 saturated carbocycles. The Bertz CT molecular complexity index is 446. The highest BCUT2D eigenvalue weighted by Gasteiger charge is 2.38. The molecule has 1 fully saturated rings. The largest absolute Gasteiger partial charge is 0.497 e. The molecule has 1 aromatic rings. The Kier molecular flexibility index (Phi) is 3.57. The standard InChI is InChI=1S/C14H19NO3/c1-14(13(16)17)9-11(6-7-15-14)10-4-3-5-12(8-10)18-2/h3-5,8,11,15H,6-7,9H2,1-2H3,(H,16,17). The number of piperidine rings is 1. The summed E-state index contributed by atoms with van der Waals surface area (Å²) >= 11 is 0. The van der Waals surface area contributed by atoms with Gasteiger partial charge in [0.1, 0.15) is 11.3 Å². The van der Waals surface area contributed by atoms with Crippen LogP contribution in [0.3, 0.4) is 0 Å². The van der Waals surface area contributed by atoms with Crippen LogP contribution in [0.2, 0.25) is 0 Å². The summed E-state index contributed by atoms with van der Waals surface area (Å²) in [6, 6.07) is 7.90. The molecule has 0 aromatic heterocycles. The molecule has 2 N–H and O–H groups in total. The van der Waals surface area contributed by atoms with Crippen LogP contribution in [0, 0.1) is 0 Å². The van der Waals surface area contributed by atoms with E-state index in [0.29, 0.717) is 6.42 Å². The summed E-state index contributed by atoms with van der Waals surface area (Å²) in [5.74, 6) is 0.306. The maximum absolute atomic E-state index is 11.3. The van der Waals surface area contributed by atoms with Crippen molar-refractivity contribution in [1.29, 1.82) is 0 Å². The Hall–Kier alpha value is -1.55. The van der Waals surface area contributed by atoms with Gasteiger partial charge in [0.15, 0.2) is 0 Å². The first-order valence-corrected chi connectivity index (χ1v) is 6.17. The molecule has 0 aliphatic carbocycles. The summed E-state index contributed by atoms with van der Waals surface area (Å²) in [6.07, 6.45) is 1.56. The van der Waals surface area contributed by atoms with Crippen LogP contribution in [0.1, 0.15) is 31.2 Å². The van der Waals surface area contributed by atoms with Gasteiger partial charge in [-0.2, -0.15) is 0 Å². The lowest BCUT2D eigenvalue weighted by Crippen LogP contribution is -2.53. The Morgan fingerprint density at radius 3 is 3.00 bits per heavy atom. The lowest BCUT2D eigenvalue weighted by Gasteiger charge is -2.36. The third-order valence-electron chi connectivity index (χ3n) is 3.70. The molecule has 1 heterocycles. The van der Waals surface area contributed by atoms with E-state index in [4.69, 9.17) is 4.74 Å². The van der Waals surface area contributed by atoms with Crippen molar-refractivity contribution in [2.75, 3.05) is 13.7 Å². The lowest BCUT2D eigenvalue weighted by atomic mass is 9.79. The highest BCUT2D eigenvalue weighted by atomic mass is 16.5. The number of rotatable bonds is 3. The minimum absolute atomic E-state index is 0.266. The maximum Gasteiger partial charge on any atom is 0.323 e. The summed E-state index contributed by atoms with van der Waals surface area (Å²) in [4.78, 5) is 11.3. The quantitative estimate of drug-likeness (QED) is 0.860. The average molecular weight is 249 g/mol. The molecule has 98 valence electrons. The van der Waals surface area contributed by atoms with Gasteiger partial charge in [-0.3, -0.25) is 4.79 Å². The number of carboxylic acids is 1. The first kappa shape index (κ1) is 12.9. The molecule has 18 heavy (non-hydrogen) atoms. The maximum atomic E-state index is 11.3. The number of hydrogen-bond acceptors (Lipinski definition) is 3. The minimum atomic E-state index is -0.827. The second kappa shape index (κ2) is 4.98. The minimum Gasteiger partial charge on any atom is -0.497 e.